The lowest BCUT2D eigenvalue weighted by atomic mass is 9.72. The number of aliphatic carboxylic acids is 1. The fourth-order valence-electron chi connectivity index (χ4n) is 2.15. The summed E-state index contributed by atoms with van der Waals surface area (Å²) in [6, 6.07) is 7.80. The average molecular weight is 235 g/mol. The highest BCUT2D eigenvalue weighted by Crippen LogP contribution is 2.32. The van der Waals surface area contributed by atoms with Gasteiger partial charge in [0, 0.05) is 11.5 Å². The molecule has 0 fully saturated rings. The summed E-state index contributed by atoms with van der Waals surface area (Å²) in [4.78, 5) is 11.0. The lowest BCUT2D eigenvalue weighted by Gasteiger charge is -2.34. The Morgan fingerprint density at radius 2 is 1.94 bits per heavy atom. The van der Waals surface area contributed by atoms with Gasteiger partial charge in [-0.3, -0.25) is 4.79 Å². The van der Waals surface area contributed by atoms with Gasteiger partial charge in [0.15, 0.2) is 0 Å². The van der Waals surface area contributed by atoms with E-state index < -0.39 is 11.4 Å². The number of hydrogen-bond donors (Lipinski definition) is 2. The Morgan fingerprint density at radius 3 is 2.35 bits per heavy atom. The zero-order valence-corrected chi connectivity index (χ0v) is 10.7. The summed E-state index contributed by atoms with van der Waals surface area (Å²) in [6.45, 7) is 5.93. The van der Waals surface area contributed by atoms with Crippen LogP contribution in [-0.4, -0.2) is 17.1 Å². The Hall–Kier alpha value is -1.35. The third-order valence-corrected chi connectivity index (χ3v) is 3.49. The van der Waals surface area contributed by atoms with Gasteiger partial charge in [-0.25, -0.2) is 0 Å². The molecule has 1 aromatic carbocycles. The van der Waals surface area contributed by atoms with Gasteiger partial charge in [-0.1, -0.05) is 43.7 Å². The zero-order chi connectivity index (χ0) is 13.1. The molecule has 0 radical (unpaired) electrons. The molecule has 0 aliphatic rings. The van der Waals surface area contributed by atoms with E-state index in [9.17, 15) is 4.79 Å². The Labute approximate surface area is 103 Å². The maximum atomic E-state index is 11.0. The normalized spacial score (nSPS) is 16.2. The molecule has 3 N–H and O–H groups in total. The standard InChI is InChI=1S/C14H21NO2/c1-4-12(15)14(3,9-13(16)17)11-7-5-10(2)6-8-11/h5-8,12H,4,9,15H2,1-3H3,(H,16,17). The minimum atomic E-state index is -0.808. The lowest BCUT2D eigenvalue weighted by Crippen LogP contribution is -2.44. The first kappa shape index (κ1) is 13.7. The molecule has 2 atom stereocenters. The van der Waals surface area contributed by atoms with Gasteiger partial charge >= 0.3 is 5.97 Å². The van der Waals surface area contributed by atoms with E-state index in [1.807, 2.05) is 45.0 Å². The largest absolute Gasteiger partial charge is 0.481 e. The van der Waals surface area contributed by atoms with Crippen molar-refractivity contribution in [3.05, 3.63) is 35.4 Å². The van der Waals surface area contributed by atoms with Crippen LogP contribution in [-0.2, 0) is 10.2 Å². The number of hydrogen-bond acceptors (Lipinski definition) is 2. The van der Waals surface area contributed by atoms with Crippen molar-refractivity contribution in [2.24, 2.45) is 5.73 Å². The Bertz CT molecular complexity index is 386. The number of carbonyl (C=O) groups is 1. The second-order valence-electron chi connectivity index (χ2n) is 4.87. The van der Waals surface area contributed by atoms with Crippen LogP contribution in [0.2, 0.25) is 0 Å². The van der Waals surface area contributed by atoms with Crippen molar-refractivity contribution in [1.29, 1.82) is 0 Å². The molecule has 3 nitrogen and oxygen atoms in total. The molecule has 0 spiro atoms. The Balaban J connectivity index is 3.13. The summed E-state index contributed by atoms with van der Waals surface area (Å²) < 4.78 is 0. The summed E-state index contributed by atoms with van der Waals surface area (Å²) in [7, 11) is 0. The van der Waals surface area contributed by atoms with Crippen LogP contribution < -0.4 is 5.73 Å². The molecule has 0 amide bonds. The van der Waals surface area contributed by atoms with Crippen molar-refractivity contribution in [3.63, 3.8) is 0 Å². The third kappa shape index (κ3) is 3.07. The molecule has 3 heteroatoms. The molecule has 0 saturated heterocycles. The highest BCUT2D eigenvalue weighted by molar-refractivity contribution is 5.69. The van der Waals surface area contributed by atoms with E-state index in [0.717, 1.165) is 17.5 Å². The maximum Gasteiger partial charge on any atom is 0.304 e. The number of nitrogens with two attached hydrogens (primary N) is 1. The van der Waals surface area contributed by atoms with Crippen molar-refractivity contribution in [3.8, 4) is 0 Å². The van der Waals surface area contributed by atoms with Crippen LogP contribution in [0.5, 0.6) is 0 Å². The molecule has 2 unspecified atom stereocenters. The predicted octanol–water partition coefficient (Wildman–Crippen LogP) is 2.46. The van der Waals surface area contributed by atoms with Gasteiger partial charge in [-0.05, 0) is 18.9 Å². The minimum Gasteiger partial charge on any atom is -0.481 e. The van der Waals surface area contributed by atoms with E-state index >= 15 is 0 Å². The van der Waals surface area contributed by atoms with E-state index in [1.54, 1.807) is 0 Å². The fourth-order valence-corrected chi connectivity index (χ4v) is 2.15. The van der Waals surface area contributed by atoms with E-state index in [4.69, 9.17) is 10.8 Å². The molecule has 0 heterocycles. The highest BCUT2D eigenvalue weighted by atomic mass is 16.4. The topological polar surface area (TPSA) is 63.3 Å². The fraction of sp³-hybridized carbons (Fsp3) is 0.500. The van der Waals surface area contributed by atoms with Gasteiger partial charge in [0.25, 0.3) is 0 Å². The van der Waals surface area contributed by atoms with Crippen LogP contribution in [0.25, 0.3) is 0 Å². The van der Waals surface area contributed by atoms with Crippen molar-refractivity contribution in [1.82, 2.24) is 0 Å². The zero-order valence-electron chi connectivity index (χ0n) is 10.7. The molecular formula is C14H21NO2. The lowest BCUT2D eigenvalue weighted by molar-refractivity contribution is -0.138. The first-order valence-corrected chi connectivity index (χ1v) is 5.94. The molecule has 0 aliphatic carbocycles. The smallest absolute Gasteiger partial charge is 0.304 e. The number of aryl methyl sites for hydroxylation is 1. The number of benzene rings is 1. The predicted molar refractivity (Wildman–Crippen MR) is 69.1 cm³/mol. The number of carboxylic acid groups (broad SMARTS) is 1. The van der Waals surface area contributed by atoms with Gasteiger partial charge in [0.05, 0.1) is 6.42 Å². The van der Waals surface area contributed by atoms with Gasteiger partial charge in [0.2, 0.25) is 0 Å². The van der Waals surface area contributed by atoms with Gasteiger partial charge in [-0.2, -0.15) is 0 Å². The molecule has 0 aliphatic heterocycles. The SMILES string of the molecule is CCC(N)C(C)(CC(=O)O)c1ccc(C)cc1. The first-order valence-electron chi connectivity index (χ1n) is 5.94. The highest BCUT2D eigenvalue weighted by Gasteiger charge is 2.34. The Kier molecular flexibility index (Phi) is 4.29. The first-order chi connectivity index (χ1) is 7.90. The molecule has 0 saturated carbocycles. The molecule has 17 heavy (non-hydrogen) atoms. The van der Waals surface area contributed by atoms with Crippen LogP contribution in [0.4, 0.5) is 0 Å². The summed E-state index contributed by atoms with van der Waals surface area (Å²) in [5.41, 5.74) is 7.76. The number of carboxylic acids is 1. The molecule has 0 bridgehead atoms. The quantitative estimate of drug-likeness (QED) is 0.824. The molecular weight excluding hydrogens is 214 g/mol. The van der Waals surface area contributed by atoms with Crippen molar-refractivity contribution in [2.75, 3.05) is 0 Å². The molecule has 94 valence electrons. The van der Waals surface area contributed by atoms with Crippen LogP contribution in [0.15, 0.2) is 24.3 Å². The second kappa shape index (κ2) is 5.32. The van der Waals surface area contributed by atoms with Gasteiger partial charge in [0.1, 0.15) is 0 Å². The third-order valence-electron chi connectivity index (χ3n) is 3.49. The summed E-state index contributed by atoms with van der Waals surface area (Å²) in [5.74, 6) is -0.808. The van der Waals surface area contributed by atoms with Gasteiger partial charge < -0.3 is 10.8 Å². The van der Waals surface area contributed by atoms with E-state index in [0.29, 0.717) is 0 Å². The van der Waals surface area contributed by atoms with Crippen LogP contribution in [0.1, 0.15) is 37.8 Å². The minimum absolute atomic E-state index is 0.0606. The van der Waals surface area contributed by atoms with Crippen molar-refractivity contribution < 1.29 is 9.90 Å². The maximum absolute atomic E-state index is 11.0. The van der Waals surface area contributed by atoms with Crippen molar-refractivity contribution in [2.45, 2.75) is 45.1 Å². The van der Waals surface area contributed by atoms with Crippen LogP contribution >= 0.6 is 0 Å². The van der Waals surface area contributed by atoms with E-state index in [-0.39, 0.29) is 12.5 Å². The average Bonchev–Trinajstić information content (AvgIpc) is 2.27. The summed E-state index contributed by atoms with van der Waals surface area (Å²) in [6.07, 6.45) is 0.822. The van der Waals surface area contributed by atoms with Gasteiger partial charge in [-0.15, -0.1) is 0 Å². The van der Waals surface area contributed by atoms with E-state index in [2.05, 4.69) is 0 Å². The van der Waals surface area contributed by atoms with Crippen LogP contribution in [0.3, 0.4) is 0 Å². The monoisotopic (exact) mass is 235 g/mol. The van der Waals surface area contributed by atoms with E-state index in [1.165, 1.54) is 0 Å². The van der Waals surface area contributed by atoms with Crippen LogP contribution in [0, 0.1) is 6.92 Å². The summed E-state index contributed by atoms with van der Waals surface area (Å²) >= 11 is 0. The molecule has 1 rings (SSSR count). The molecule has 0 aromatic heterocycles. The van der Waals surface area contributed by atoms with Crippen molar-refractivity contribution >= 4 is 5.97 Å². The molecule has 1 aromatic rings. The number of rotatable bonds is 5. The second-order valence-corrected chi connectivity index (χ2v) is 4.87. The Morgan fingerprint density at radius 1 is 1.41 bits per heavy atom. The summed E-state index contributed by atoms with van der Waals surface area (Å²) in [5, 5.41) is 9.05.